The number of hydrogen-bond acceptors (Lipinski definition) is 3. The Bertz CT molecular complexity index is 563. The minimum absolute atomic E-state index is 0.199. The Kier molecular flexibility index (Phi) is 5.53. The smallest absolute Gasteiger partial charge is 0.140 e. The highest BCUT2D eigenvalue weighted by Gasteiger charge is 2.13. The van der Waals surface area contributed by atoms with Gasteiger partial charge in [0.25, 0.3) is 0 Å². The summed E-state index contributed by atoms with van der Waals surface area (Å²) in [5.74, 6) is 0. The number of nitrogens with zero attached hydrogens (tertiary/aromatic N) is 2. The molecule has 0 aliphatic heterocycles. The number of ether oxygens (including phenoxy) is 1. The van der Waals surface area contributed by atoms with E-state index in [2.05, 4.69) is 31.1 Å². The first-order valence-corrected chi connectivity index (χ1v) is 7.52. The fourth-order valence-electron chi connectivity index (χ4n) is 2.39. The third-order valence-electron chi connectivity index (χ3n) is 3.85. The Morgan fingerprint density at radius 1 is 1.24 bits per heavy atom. The number of benzene rings is 1. The molecule has 1 unspecified atom stereocenters. The van der Waals surface area contributed by atoms with Crippen LogP contribution < -0.4 is 5.73 Å². The van der Waals surface area contributed by atoms with Crippen molar-refractivity contribution in [2.24, 2.45) is 5.73 Å². The summed E-state index contributed by atoms with van der Waals surface area (Å²) in [4.78, 5) is 0. The minimum atomic E-state index is 0.199. The first-order valence-electron chi connectivity index (χ1n) is 7.52. The summed E-state index contributed by atoms with van der Waals surface area (Å²) in [6, 6.07) is 10.4. The highest BCUT2D eigenvalue weighted by molar-refractivity contribution is 5.25. The Morgan fingerprint density at radius 2 is 1.95 bits per heavy atom. The van der Waals surface area contributed by atoms with Gasteiger partial charge in [-0.15, -0.1) is 0 Å². The molecule has 4 nitrogen and oxygen atoms in total. The van der Waals surface area contributed by atoms with Crippen molar-refractivity contribution in [1.82, 2.24) is 9.78 Å². The highest BCUT2D eigenvalue weighted by Crippen LogP contribution is 2.16. The monoisotopic (exact) mass is 287 g/mol. The molecule has 0 saturated heterocycles. The molecule has 0 bridgehead atoms. The zero-order chi connectivity index (χ0) is 15.2. The van der Waals surface area contributed by atoms with Crippen molar-refractivity contribution >= 4 is 0 Å². The molecule has 21 heavy (non-hydrogen) atoms. The normalized spacial score (nSPS) is 12.6. The van der Waals surface area contributed by atoms with Crippen LogP contribution in [0.3, 0.4) is 0 Å². The SMILES string of the molecule is CCC(N)Cc1c(C)nn(COCc2ccccc2)c1C. The number of rotatable bonds is 7. The van der Waals surface area contributed by atoms with Crippen molar-refractivity contribution in [3.05, 3.63) is 52.8 Å². The second kappa shape index (κ2) is 7.38. The number of hydrogen-bond donors (Lipinski definition) is 1. The fraction of sp³-hybridized carbons (Fsp3) is 0.471. The van der Waals surface area contributed by atoms with E-state index in [-0.39, 0.29) is 6.04 Å². The van der Waals surface area contributed by atoms with Crippen molar-refractivity contribution in [3.63, 3.8) is 0 Å². The fourth-order valence-corrected chi connectivity index (χ4v) is 2.39. The predicted octanol–water partition coefficient (Wildman–Crippen LogP) is 2.95. The van der Waals surface area contributed by atoms with Crippen LogP contribution in [0, 0.1) is 13.8 Å². The summed E-state index contributed by atoms with van der Waals surface area (Å²) < 4.78 is 7.68. The third kappa shape index (κ3) is 4.16. The Hall–Kier alpha value is -1.65. The lowest BCUT2D eigenvalue weighted by atomic mass is 10.0. The first-order chi connectivity index (χ1) is 10.1. The van der Waals surface area contributed by atoms with E-state index in [1.165, 1.54) is 11.1 Å². The zero-order valence-electron chi connectivity index (χ0n) is 13.2. The summed E-state index contributed by atoms with van der Waals surface area (Å²) in [7, 11) is 0. The van der Waals surface area contributed by atoms with Crippen molar-refractivity contribution in [2.75, 3.05) is 0 Å². The molecule has 2 rings (SSSR count). The summed E-state index contributed by atoms with van der Waals surface area (Å²) in [5.41, 5.74) is 10.7. The Balaban J connectivity index is 1.96. The van der Waals surface area contributed by atoms with E-state index in [1.807, 2.05) is 29.8 Å². The van der Waals surface area contributed by atoms with Crippen molar-refractivity contribution in [2.45, 2.75) is 53.0 Å². The van der Waals surface area contributed by atoms with Gasteiger partial charge in [-0.25, -0.2) is 4.68 Å². The molecule has 4 heteroatoms. The van der Waals surface area contributed by atoms with E-state index < -0.39 is 0 Å². The molecule has 1 atom stereocenters. The third-order valence-corrected chi connectivity index (χ3v) is 3.85. The average molecular weight is 287 g/mol. The molecule has 1 aromatic heterocycles. The van der Waals surface area contributed by atoms with Crippen LogP contribution in [0.5, 0.6) is 0 Å². The van der Waals surface area contributed by atoms with E-state index >= 15 is 0 Å². The van der Waals surface area contributed by atoms with Crippen LogP contribution in [-0.4, -0.2) is 15.8 Å². The van der Waals surface area contributed by atoms with Crippen molar-refractivity contribution in [3.8, 4) is 0 Å². The molecule has 114 valence electrons. The maximum absolute atomic E-state index is 6.06. The van der Waals surface area contributed by atoms with Gasteiger partial charge in [-0.1, -0.05) is 37.3 Å². The van der Waals surface area contributed by atoms with Gasteiger partial charge in [0.1, 0.15) is 6.73 Å². The molecule has 0 fully saturated rings. The lowest BCUT2D eigenvalue weighted by Gasteiger charge is -2.10. The first kappa shape index (κ1) is 15.7. The van der Waals surface area contributed by atoms with E-state index in [9.17, 15) is 0 Å². The summed E-state index contributed by atoms with van der Waals surface area (Å²) in [6.07, 6.45) is 1.86. The van der Waals surface area contributed by atoms with Gasteiger partial charge in [0, 0.05) is 11.7 Å². The molecule has 1 aromatic carbocycles. The van der Waals surface area contributed by atoms with Crippen molar-refractivity contribution in [1.29, 1.82) is 0 Å². The molecule has 0 spiro atoms. The molecular weight excluding hydrogens is 262 g/mol. The van der Waals surface area contributed by atoms with Gasteiger partial charge in [-0.2, -0.15) is 5.10 Å². The summed E-state index contributed by atoms with van der Waals surface area (Å²) >= 11 is 0. The van der Waals surface area contributed by atoms with Gasteiger partial charge in [-0.05, 0) is 37.8 Å². The van der Waals surface area contributed by atoms with Gasteiger partial charge in [0.15, 0.2) is 0 Å². The Labute approximate surface area is 126 Å². The topological polar surface area (TPSA) is 53.1 Å². The second-order valence-corrected chi connectivity index (χ2v) is 5.48. The van der Waals surface area contributed by atoms with Gasteiger partial charge in [0.2, 0.25) is 0 Å². The van der Waals surface area contributed by atoms with E-state index in [0.29, 0.717) is 13.3 Å². The van der Waals surface area contributed by atoms with E-state index in [0.717, 1.165) is 24.2 Å². The molecule has 0 saturated carbocycles. The van der Waals surface area contributed by atoms with Crippen LogP contribution in [0.1, 0.15) is 35.9 Å². The van der Waals surface area contributed by atoms with E-state index in [4.69, 9.17) is 10.5 Å². The minimum Gasteiger partial charge on any atom is -0.355 e. The predicted molar refractivity (Wildman–Crippen MR) is 84.9 cm³/mol. The van der Waals surface area contributed by atoms with Gasteiger partial charge >= 0.3 is 0 Å². The number of nitrogens with two attached hydrogens (primary N) is 1. The summed E-state index contributed by atoms with van der Waals surface area (Å²) in [5, 5.41) is 4.56. The molecule has 2 N–H and O–H groups in total. The van der Waals surface area contributed by atoms with Crippen LogP contribution in [0.25, 0.3) is 0 Å². The molecule has 0 radical (unpaired) electrons. The van der Waals surface area contributed by atoms with Gasteiger partial charge in [-0.3, -0.25) is 0 Å². The zero-order valence-corrected chi connectivity index (χ0v) is 13.2. The largest absolute Gasteiger partial charge is 0.355 e. The molecule has 0 aliphatic carbocycles. The standard InChI is InChI=1S/C17H25N3O/c1-4-16(18)10-17-13(2)19-20(14(17)3)12-21-11-15-8-6-5-7-9-15/h5-9,16H,4,10-12,18H2,1-3H3. The molecule has 1 heterocycles. The molecule has 2 aromatic rings. The Morgan fingerprint density at radius 3 is 2.62 bits per heavy atom. The number of aryl methyl sites for hydroxylation is 1. The maximum atomic E-state index is 6.06. The summed E-state index contributed by atoms with van der Waals surface area (Å²) in [6.45, 7) is 7.32. The highest BCUT2D eigenvalue weighted by atomic mass is 16.5. The lowest BCUT2D eigenvalue weighted by Crippen LogP contribution is -2.22. The van der Waals surface area contributed by atoms with Crippen LogP contribution in [0.2, 0.25) is 0 Å². The number of aromatic nitrogens is 2. The van der Waals surface area contributed by atoms with Crippen LogP contribution in [0.4, 0.5) is 0 Å². The quantitative estimate of drug-likeness (QED) is 0.852. The molecule has 0 aliphatic rings. The van der Waals surface area contributed by atoms with Crippen LogP contribution >= 0.6 is 0 Å². The van der Waals surface area contributed by atoms with Crippen LogP contribution in [-0.2, 0) is 24.5 Å². The molecule has 0 amide bonds. The lowest BCUT2D eigenvalue weighted by molar-refractivity contribution is 0.0546. The van der Waals surface area contributed by atoms with Gasteiger partial charge in [0.05, 0.1) is 12.3 Å². The maximum Gasteiger partial charge on any atom is 0.140 e. The second-order valence-electron chi connectivity index (χ2n) is 5.48. The average Bonchev–Trinajstić information content (AvgIpc) is 2.76. The van der Waals surface area contributed by atoms with Crippen LogP contribution in [0.15, 0.2) is 30.3 Å². The van der Waals surface area contributed by atoms with Gasteiger partial charge < -0.3 is 10.5 Å². The van der Waals surface area contributed by atoms with Crippen molar-refractivity contribution < 1.29 is 4.74 Å². The molecular formula is C17H25N3O. The van der Waals surface area contributed by atoms with E-state index in [1.54, 1.807) is 0 Å².